The largest absolute Gasteiger partial charge is 0.399 e. The molecular weight excluding hydrogens is 266 g/mol. The minimum Gasteiger partial charge on any atom is -0.399 e. The topological polar surface area (TPSA) is 82.8 Å². The fraction of sp³-hybridized carbons (Fsp3) is 0.267. The third-order valence-electron chi connectivity index (χ3n) is 3.58. The number of benzene rings is 1. The third kappa shape index (κ3) is 2.52. The number of nitrogens with two attached hydrogens (primary N) is 1. The average Bonchev–Trinajstić information content (AvgIpc) is 3.04. The maximum atomic E-state index is 5.69. The molecule has 6 nitrogen and oxygen atoms in total. The highest BCUT2D eigenvalue weighted by molar-refractivity contribution is 5.45. The van der Waals surface area contributed by atoms with Crippen LogP contribution in [-0.4, -0.2) is 19.7 Å². The molecule has 2 heterocycles. The van der Waals surface area contributed by atoms with E-state index in [9.17, 15) is 0 Å². The Hall–Kier alpha value is -2.63. The molecule has 0 spiro atoms. The molecule has 3 aromatic rings. The second-order valence-electron chi connectivity index (χ2n) is 5.40. The fourth-order valence-electron chi connectivity index (χ4n) is 2.24. The van der Waals surface area contributed by atoms with E-state index in [2.05, 4.69) is 15.1 Å². The van der Waals surface area contributed by atoms with Crippen LogP contribution in [-0.2, 0) is 6.54 Å². The molecule has 4 rings (SSSR count). The van der Waals surface area contributed by atoms with E-state index in [1.165, 1.54) is 0 Å². The molecule has 1 aromatic carbocycles. The van der Waals surface area contributed by atoms with Crippen LogP contribution in [0.1, 0.15) is 30.1 Å². The van der Waals surface area contributed by atoms with Gasteiger partial charge >= 0.3 is 0 Å². The maximum Gasteiger partial charge on any atom is 0.278 e. The molecule has 21 heavy (non-hydrogen) atoms. The zero-order chi connectivity index (χ0) is 14.2. The Kier molecular flexibility index (Phi) is 2.73. The molecule has 0 amide bonds. The molecule has 1 aliphatic carbocycles. The number of hydrogen-bond donors (Lipinski definition) is 1. The normalized spacial score (nSPS) is 14.5. The number of nitrogens with zero attached hydrogens (tertiary/aromatic N) is 4. The Morgan fingerprint density at radius 2 is 2.05 bits per heavy atom. The van der Waals surface area contributed by atoms with Crippen LogP contribution in [0, 0.1) is 0 Å². The van der Waals surface area contributed by atoms with Gasteiger partial charge in [-0.1, -0.05) is 17.3 Å². The first kappa shape index (κ1) is 12.1. The summed E-state index contributed by atoms with van der Waals surface area (Å²) in [7, 11) is 0. The van der Waals surface area contributed by atoms with Gasteiger partial charge in [-0.15, -0.1) is 0 Å². The van der Waals surface area contributed by atoms with Crippen LogP contribution in [0.3, 0.4) is 0 Å². The van der Waals surface area contributed by atoms with Crippen LogP contribution in [0.15, 0.2) is 41.3 Å². The van der Waals surface area contributed by atoms with Crippen molar-refractivity contribution in [3.05, 3.63) is 48.2 Å². The molecular formula is C15H15N5O. The minimum absolute atomic E-state index is 0.486. The highest BCUT2D eigenvalue weighted by Gasteiger charge is 2.29. The predicted octanol–water partition coefficient (Wildman–Crippen LogP) is 2.44. The molecule has 2 aromatic heterocycles. The Morgan fingerprint density at radius 3 is 2.81 bits per heavy atom. The van der Waals surface area contributed by atoms with Gasteiger partial charge in [-0.3, -0.25) is 0 Å². The van der Waals surface area contributed by atoms with E-state index >= 15 is 0 Å². The lowest BCUT2D eigenvalue weighted by atomic mass is 10.2. The predicted molar refractivity (Wildman–Crippen MR) is 77.5 cm³/mol. The summed E-state index contributed by atoms with van der Waals surface area (Å²) >= 11 is 0. The highest BCUT2D eigenvalue weighted by atomic mass is 16.5. The van der Waals surface area contributed by atoms with Gasteiger partial charge in [-0.25, -0.2) is 4.98 Å². The van der Waals surface area contributed by atoms with Gasteiger partial charge < -0.3 is 14.8 Å². The summed E-state index contributed by atoms with van der Waals surface area (Å²) < 4.78 is 7.27. The number of imidazole rings is 1. The maximum absolute atomic E-state index is 5.69. The van der Waals surface area contributed by atoms with E-state index in [0.717, 1.165) is 36.5 Å². The van der Waals surface area contributed by atoms with Crippen LogP contribution < -0.4 is 5.73 Å². The number of rotatable bonds is 4. The molecule has 0 atom stereocenters. The van der Waals surface area contributed by atoms with E-state index in [-0.39, 0.29) is 0 Å². The summed E-state index contributed by atoms with van der Waals surface area (Å²) in [6.07, 6.45) is 6.00. The first-order chi connectivity index (χ1) is 10.3. The van der Waals surface area contributed by atoms with E-state index in [1.54, 1.807) is 6.33 Å². The van der Waals surface area contributed by atoms with Crippen molar-refractivity contribution < 1.29 is 4.52 Å². The lowest BCUT2D eigenvalue weighted by Gasteiger charge is -2.02. The summed E-state index contributed by atoms with van der Waals surface area (Å²) in [4.78, 5) is 8.74. The standard InChI is InChI=1S/C15H15N5O/c16-12-5-1-10(2-6-12)7-20-8-13(17-9-20)15-18-14(19-21-15)11-3-4-11/h1-2,5-6,8-9,11H,3-4,7,16H2. The Labute approximate surface area is 121 Å². The monoisotopic (exact) mass is 281 g/mol. The van der Waals surface area contributed by atoms with Crippen LogP contribution >= 0.6 is 0 Å². The zero-order valence-corrected chi connectivity index (χ0v) is 11.4. The summed E-state index contributed by atoms with van der Waals surface area (Å²) in [5, 5.41) is 4.01. The third-order valence-corrected chi connectivity index (χ3v) is 3.58. The molecule has 0 radical (unpaired) electrons. The highest BCUT2D eigenvalue weighted by Crippen LogP contribution is 2.38. The van der Waals surface area contributed by atoms with Crippen molar-refractivity contribution in [3.63, 3.8) is 0 Å². The van der Waals surface area contributed by atoms with E-state index in [4.69, 9.17) is 10.3 Å². The van der Waals surface area contributed by atoms with Crippen LogP contribution in [0.25, 0.3) is 11.6 Å². The van der Waals surface area contributed by atoms with Crippen molar-refractivity contribution >= 4 is 5.69 Å². The second-order valence-corrected chi connectivity index (χ2v) is 5.40. The fourth-order valence-corrected chi connectivity index (χ4v) is 2.24. The average molecular weight is 281 g/mol. The Balaban J connectivity index is 1.52. The molecule has 0 bridgehead atoms. The van der Waals surface area contributed by atoms with Gasteiger partial charge in [0.1, 0.15) is 5.69 Å². The lowest BCUT2D eigenvalue weighted by Crippen LogP contribution is -1.96. The minimum atomic E-state index is 0.486. The van der Waals surface area contributed by atoms with Gasteiger partial charge in [0.05, 0.1) is 6.33 Å². The Bertz CT molecular complexity index is 754. The zero-order valence-electron chi connectivity index (χ0n) is 11.4. The smallest absolute Gasteiger partial charge is 0.278 e. The lowest BCUT2D eigenvalue weighted by molar-refractivity contribution is 0.421. The van der Waals surface area contributed by atoms with Crippen LogP contribution in [0.5, 0.6) is 0 Å². The Morgan fingerprint density at radius 1 is 1.24 bits per heavy atom. The molecule has 6 heteroatoms. The van der Waals surface area contributed by atoms with Gasteiger partial charge in [0.25, 0.3) is 5.89 Å². The molecule has 0 aliphatic heterocycles. The summed E-state index contributed by atoms with van der Waals surface area (Å²) in [6.45, 7) is 0.733. The molecule has 1 aliphatic rings. The van der Waals surface area contributed by atoms with Crippen molar-refractivity contribution in [1.29, 1.82) is 0 Å². The second kappa shape index (κ2) is 4.73. The quantitative estimate of drug-likeness (QED) is 0.743. The molecule has 106 valence electrons. The molecule has 2 N–H and O–H groups in total. The molecule has 1 saturated carbocycles. The number of nitrogen functional groups attached to an aromatic ring is 1. The van der Waals surface area contributed by atoms with Crippen molar-refractivity contribution in [2.24, 2.45) is 0 Å². The van der Waals surface area contributed by atoms with Gasteiger partial charge in [0.2, 0.25) is 0 Å². The van der Waals surface area contributed by atoms with Gasteiger partial charge in [-0.05, 0) is 30.5 Å². The number of aromatic nitrogens is 4. The molecule has 0 saturated heterocycles. The first-order valence-corrected chi connectivity index (χ1v) is 6.98. The molecule has 1 fully saturated rings. The van der Waals surface area contributed by atoms with Crippen molar-refractivity contribution in [2.75, 3.05) is 5.73 Å². The number of hydrogen-bond acceptors (Lipinski definition) is 5. The van der Waals surface area contributed by atoms with Crippen molar-refractivity contribution in [2.45, 2.75) is 25.3 Å². The SMILES string of the molecule is Nc1ccc(Cn2cnc(-c3nc(C4CC4)no3)c2)cc1. The summed E-state index contributed by atoms with van der Waals surface area (Å²) in [5.41, 5.74) is 8.33. The first-order valence-electron chi connectivity index (χ1n) is 6.98. The van der Waals surface area contributed by atoms with Gasteiger partial charge in [-0.2, -0.15) is 4.98 Å². The van der Waals surface area contributed by atoms with Crippen LogP contribution in [0.4, 0.5) is 5.69 Å². The van der Waals surface area contributed by atoms with Gasteiger partial charge in [0.15, 0.2) is 5.82 Å². The van der Waals surface area contributed by atoms with Crippen molar-refractivity contribution in [3.8, 4) is 11.6 Å². The van der Waals surface area contributed by atoms with Crippen LogP contribution in [0.2, 0.25) is 0 Å². The van der Waals surface area contributed by atoms with Gasteiger partial charge in [0, 0.05) is 24.3 Å². The summed E-state index contributed by atoms with van der Waals surface area (Å²) in [5.74, 6) is 1.78. The summed E-state index contributed by atoms with van der Waals surface area (Å²) in [6, 6.07) is 7.81. The van der Waals surface area contributed by atoms with E-state index < -0.39 is 0 Å². The number of anilines is 1. The van der Waals surface area contributed by atoms with Crippen molar-refractivity contribution in [1.82, 2.24) is 19.7 Å². The van der Waals surface area contributed by atoms with E-state index in [0.29, 0.717) is 17.5 Å². The molecule has 0 unspecified atom stereocenters. The van der Waals surface area contributed by atoms with E-state index in [1.807, 2.05) is 35.0 Å².